The molecule has 10 rings (SSSR count). The zero-order valence-corrected chi connectivity index (χ0v) is 45.9. The standard InChI is InChI=1S/C66H69N9/c1-40-31-43(4)61(44(5)32-40)73-64(67-49(10)70-73)58-25-19-52(20-26-58)13-16-55-37-56(17-14-53-21-27-59(28-22-53)65-68-50(11)71-74(65)62-45(6)33-41(2)34-46(62)7)39-57(38-55)18-15-54-23-29-60(30-24-54)66-69-51(12)72-75(66)63-47(8)35-42(3)36-48(63)9/h19-39H,13-18H2,1-12H3. The van der Waals surface area contributed by atoms with E-state index in [1.807, 2.05) is 34.8 Å². The second kappa shape index (κ2) is 21.1. The van der Waals surface area contributed by atoms with Crippen molar-refractivity contribution in [3.63, 3.8) is 0 Å². The van der Waals surface area contributed by atoms with Crippen molar-refractivity contribution in [3.05, 3.63) is 228 Å². The van der Waals surface area contributed by atoms with E-state index >= 15 is 0 Å². The molecule has 0 unspecified atom stereocenters. The summed E-state index contributed by atoms with van der Waals surface area (Å²) in [4.78, 5) is 14.7. The van der Waals surface area contributed by atoms with E-state index in [1.54, 1.807) is 0 Å². The largest absolute Gasteiger partial charge is 0.212 e. The Bertz CT molecular complexity index is 3250. The lowest BCUT2D eigenvalue weighted by atomic mass is 9.94. The Balaban J connectivity index is 0.882. The average molecular weight is 988 g/mol. The van der Waals surface area contributed by atoms with Gasteiger partial charge in [0.15, 0.2) is 17.5 Å². The first-order valence-corrected chi connectivity index (χ1v) is 26.5. The average Bonchev–Trinajstić information content (AvgIpc) is 4.06. The van der Waals surface area contributed by atoms with Gasteiger partial charge in [0.25, 0.3) is 0 Å². The predicted octanol–water partition coefficient (Wildman–Crippen LogP) is 14.5. The zero-order valence-electron chi connectivity index (χ0n) is 45.9. The topological polar surface area (TPSA) is 92.1 Å². The Morgan fingerprint density at radius 2 is 0.480 bits per heavy atom. The fourth-order valence-electron chi connectivity index (χ4n) is 11.4. The van der Waals surface area contributed by atoms with Crippen LogP contribution in [0.2, 0.25) is 0 Å². The normalized spacial score (nSPS) is 11.5. The highest BCUT2D eigenvalue weighted by Gasteiger charge is 2.20. The maximum atomic E-state index is 4.91. The van der Waals surface area contributed by atoms with Crippen molar-refractivity contribution in [2.45, 2.75) is 122 Å². The molecule has 0 atom stereocenters. The van der Waals surface area contributed by atoms with E-state index < -0.39 is 0 Å². The predicted molar refractivity (Wildman–Crippen MR) is 306 cm³/mol. The van der Waals surface area contributed by atoms with Gasteiger partial charge in [0.05, 0.1) is 17.1 Å². The Hall–Kier alpha value is -8.04. The highest BCUT2D eigenvalue weighted by atomic mass is 15.4. The molecule has 9 heteroatoms. The Kier molecular flexibility index (Phi) is 14.2. The van der Waals surface area contributed by atoms with Crippen LogP contribution in [0.1, 0.15) is 101 Å². The Labute approximate surface area is 443 Å². The molecule has 0 aliphatic rings. The van der Waals surface area contributed by atoms with Gasteiger partial charge < -0.3 is 0 Å². The van der Waals surface area contributed by atoms with Crippen LogP contribution < -0.4 is 0 Å². The molecule has 378 valence electrons. The zero-order chi connectivity index (χ0) is 52.7. The van der Waals surface area contributed by atoms with Crippen LogP contribution in [0, 0.1) is 83.1 Å². The molecule has 0 N–H and O–H groups in total. The molecule has 0 aliphatic carbocycles. The highest BCUT2D eigenvalue weighted by Crippen LogP contribution is 2.31. The van der Waals surface area contributed by atoms with E-state index in [0.717, 1.165) is 107 Å². The van der Waals surface area contributed by atoms with Crippen LogP contribution in [0.25, 0.3) is 51.2 Å². The molecule has 0 saturated carbocycles. The fraction of sp³-hybridized carbons (Fsp3) is 0.273. The quantitative estimate of drug-likeness (QED) is 0.102. The third-order valence-corrected chi connectivity index (χ3v) is 14.5. The second-order valence-electron chi connectivity index (χ2n) is 21.2. The molecule has 0 aliphatic heterocycles. The van der Waals surface area contributed by atoms with E-state index in [1.165, 1.54) is 83.5 Å². The highest BCUT2D eigenvalue weighted by molar-refractivity contribution is 5.64. The van der Waals surface area contributed by atoms with Crippen molar-refractivity contribution >= 4 is 0 Å². The van der Waals surface area contributed by atoms with Crippen molar-refractivity contribution in [1.29, 1.82) is 0 Å². The number of hydrogen-bond donors (Lipinski definition) is 0. The lowest BCUT2D eigenvalue weighted by Gasteiger charge is -2.14. The number of rotatable bonds is 15. The molecule has 3 aromatic heterocycles. The van der Waals surface area contributed by atoms with E-state index in [4.69, 9.17) is 30.2 Å². The number of benzene rings is 7. The minimum absolute atomic E-state index is 0.761. The van der Waals surface area contributed by atoms with Crippen LogP contribution in [-0.4, -0.2) is 44.3 Å². The van der Waals surface area contributed by atoms with Gasteiger partial charge in [0, 0.05) is 16.7 Å². The first-order valence-electron chi connectivity index (χ1n) is 26.5. The summed E-state index contributed by atoms with van der Waals surface area (Å²) in [6.07, 6.45) is 5.64. The molecule has 3 heterocycles. The molecule has 0 spiro atoms. The molecule has 0 bridgehead atoms. The van der Waals surface area contributed by atoms with Crippen LogP contribution in [0.4, 0.5) is 0 Å². The van der Waals surface area contributed by atoms with Crippen LogP contribution in [0.3, 0.4) is 0 Å². The van der Waals surface area contributed by atoms with Crippen molar-refractivity contribution in [3.8, 4) is 51.2 Å². The monoisotopic (exact) mass is 988 g/mol. The molecule has 0 saturated heterocycles. The summed E-state index contributed by atoms with van der Waals surface area (Å²) < 4.78 is 6.06. The third-order valence-electron chi connectivity index (χ3n) is 14.5. The van der Waals surface area contributed by atoms with E-state index in [2.05, 4.69) is 190 Å². The maximum Gasteiger partial charge on any atom is 0.163 e. The number of aryl methyl sites for hydroxylation is 18. The lowest BCUT2D eigenvalue weighted by Crippen LogP contribution is -2.05. The van der Waals surface area contributed by atoms with Crippen LogP contribution in [0.5, 0.6) is 0 Å². The lowest BCUT2D eigenvalue weighted by molar-refractivity contribution is 0.854. The van der Waals surface area contributed by atoms with E-state index in [0.29, 0.717) is 0 Å². The molecule has 0 fully saturated rings. The molecular weight excluding hydrogens is 919 g/mol. The molecule has 10 aromatic rings. The van der Waals surface area contributed by atoms with Crippen molar-refractivity contribution < 1.29 is 0 Å². The molecule has 0 radical (unpaired) electrons. The Morgan fingerprint density at radius 1 is 0.267 bits per heavy atom. The molecule has 75 heavy (non-hydrogen) atoms. The second-order valence-corrected chi connectivity index (χ2v) is 21.2. The number of hydrogen-bond acceptors (Lipinski definition) is 6. The summed E-state index contributed by atoms with van der Waals surface area (Å²) in [5, 5.41) is 14.6. The van der Waals surface area contributed by atoms with Gasteiger partial charge in [-0.15, -0.1) is 0 Å². The first kappa shape index (κ1) is 50.5. The van der Waals surface area contributed by atoms with Crippen LogP contribution in [-0.2, 0) is 38.5 Å². The third kappa shape index (κ3) is 11.0. The van der Waals surface area contributed by atoms with Crippen LogP contribution in [0.15, 0.2) is 127 Å². The van der Waals surface area contributed by atoms with Gasteiger partial charge in [-0.2, -0.15) is 15.3 Å². The summed E-state index contributed by atoms with van der Waals surface area (Å²) in [7, 11) is 0. The molecule has 7 aromatic carbocycles. The molecular formula is C66H69N9. The fourth-order valence-corrected chi connectivity index (χ4v) is 11.4. The van der Waals surface area contributed by atoms with Crippen LogP contribution >= 0.6 is 0 Å². The first-order chi connectivity index (χ1) is 36.0. The van der Waals surface area contributed by atoms with Gasteiger partial charge in [-0.3, -0.25) is 0 Å². The van der Waals surface area contributed by atoms with Gasteiger partial charge in [-0.1, -0.05) is 144 Å². The van der Waals surface area contributed by atoms with E-state index in [-0.39, 0.29) is 0 Å². The smallest absolute Gasteiger partial charge is 0.163 e. The van der Waals surface area contributed by atoms with Gasteiger partial charge in [-0.05, 0) is 188 Å². The van der Waals surface area contributed by atoms with Gasteiger partial charge in [0.1, 0.15) is 17.5 Å². The maximum absolute atomic E-state index is 4.91. The van der Waals surface area contributed by atoms with Crippen molar-refractivity contribution in [2.75, 3.05) is 0 Å². The summed E-state index contributed by atoms with van der Waals surface area (Å²) in [5.41, 5.74) is 25.4. The van der Waals surface area contributed by atoms with Crippen molar-refractivity contribution in [1.82, 2.24) is 44.3 Å². The Morgan fingerprint density at radius 3 is 0.707 bits per heavy atom. The minimum atomic E-state index is 0.761. The van der Waals surface area contributed by atoms with E-state index in [9.17, 15) is 0 Å². The van der Waals surface area contributed by atoms with Gasteiger partial charge in [0.2, 0.25) is 0 Å². The SMILES string of the molecule is Cc1cc(C)c(-n2nc(C)nc2-c2ccc(CCc3cc(CCc4ccc(-c5nc(C)nn5-c5c(C)cc(C)cc5C)cc4)cc(CCc4ccc(-c5nc(C)nn5-c5c(C)cc(C)cc5C)cc4)c3)cc2)c(C)c1. The van der Waals surface area contributed by atoms with Gasteiger partial charge >= 0.3 is 0 Å². The number of aromatic nitrogens is 9. The molecule has 9 nitrogen and oxygen atoms in total. The summed E-state index contributed by atoms with van der Waals surface area (Å²) in [6.45, 7) is 25.3. The summed E-state index contributed by atoms with van der Waals surface area (Å²) >= 11 is 0. The van der Waals surface area contributed by atoms with Gasteiger partial charge in [-0.25, -0.2) is 29.0 Å². The van der Waals surface area contributed by atoms with Crippen molar-refractivity contribution in [2.24, 2.45) is 0 Å². The minimum Gasteiger partial charge on any atom is -0.212 e. The summed E-state index contributed by atoms with van der Waals surface area (Å²) in [6, 6.07) is 47.4. The molecule has 0 amide bonds. The number of nitrogens with zero attached hydrogens (tertiary/aromatic N) is 9. The summed E-state index contributed by atoms with van der Waals surface area (Å²) in [5.74, 6) is 4.89.